The minimum atomic E-state index is -0.990. The number of Topliss-reactive ketones (excluding diaryl/α,β-unsaturated/α-hetero) is 1. The molecule has 0 aliphatic heterocycles. The van der Waals surface area contributed by atoms with E-state index in [1.54, 1.807) is 20.0 Å². The van der Waals surface area contributed by atoms with Gasteiger partial charge in [-0.2, -0.15) is 0 Å². The van der Waals surface area contributed by atoms with E-state index in [0.717, 1.165) is 5.56 Å². The Hall–Kier alpha value is -2.75. The van der Waals surface area contributed by atoms with Crippen molar-refractivity contribution in [3.63, 3.8) is 0 Å². The number of halogens is 1. The molecular weight excluding hydrogens is 357 g/mol. The highest BCUT2D eigenvalue weighted by Crippen LogP contribution is 2.27. The molecule has 2 rings (SSSR count). The van der Waals surface area contributed by atoms with Crippen LogP contribution in [0.5, 0.6) is 0 Å². The van der Waals surface area contributed by atoms with E-state index < -0.39 is 31.0 Å². The largest absolute Gasteiger partial charge is 0.393 e. The van der Waals surface area contributed by atoms with Gasteiger partial charge in [0.2, 0.25) is 0 Å². The molecule has 27 heavy (non-hydrogen) atoms. The molecule has 0 saturated heterocycles. The minimum absolute atomic E-state index is 0.0392. The Kier molecular flexibility index (Phi) is 6.67. The number of hydrogen-bond acceptors (Lipinski definition) is 6. The molecule has 1 aromatic carbocycles. The lowest BCUT2D eigenvalue weighted by atomic mass is 10.2. The normalized spacial score (nSPS) is 10.9. The molecule has 1 aromatic heterocycles. The Morgan fingerprint density at radius 2 is 1.93 bits per heavy atom. The van der Waals surface area contributed by atoms with Crippen LogP contribution in [0.25, 0.3) is 0 Å². The van der Waals surface area contributed by atoms with E-state index in [-0.39, 0.29) is 28.5 Å². The standard InChI is InChI=1S/C18H22FN3O5/c1-10-4-5-15(14(19)6-10)20-17-13(7-16(11(2)25)22(17)3)18(26)21-27-12(8-23)9-24/h4-7,12,20,23-24H,8-9H2,1-3H3,(H,21,26). The number of aromatic nitrogens is 1. The van der Waals surface area contributed by atoms with Crippen molar-refractivity contribution in [3.05, 3.63) is 46.9 Å². The van der Waals surface area contributed by atoms with Crippen LogP contribution in [0.1, 0.15) is 33.3 Å². The maximum Gasteiger partial charge on any atom is 0.278 e. The van der Waals surface area contributed by atoms with Crippen molar-refractivity contribution in [2.24, 2.45) is 7.05 Å². The highest BCUT2D eigenvalue weighted by atomic mass is 19.1. The average Bonchev–Trinajstić information content (AvgIpc) is 2.95. The van der Waals surface area contributed by atoms with Crippen LogP contribution in [0.3, 0.4) is 0 Å². The van der Waals surface area contributed by atoms with Gasteiger partial charge in [0, 0.05) is 14.0 Å². The number of aryl methyl sites for hydroxylation is 1. The number of nitrogens with zero attached hydrogens (tertiary/aromatic N) is 1. The van der Waals surface area contributed by atoms with Crippen molar-refractivity contribution >= 4 is 23.2 Å². The van der Waals surface area contributed by atoms with Crippen molar-refractivity contribution in [1.29, 1.82) is 0 Å². The predicted molar refractivity (Wildman–Crippen MR) is 96.3 cm³/mol. The number of carbonyl (C=O) groups is 2. The molecule has 2 aromatic rings. The third kappa shape index (κ3) is 4.70. The zero-order valence-corrected chi connectivity index (χ0v) is 15.2. The summed E-state index contributed by atoms with van der Waals surface area (Å²) in [7, 11) is 1.56. The number of hydrogen-bond donors (Lipinski definition) is 4. The van der Waals surface area contributed by atoms with Crippen LogP contribution in [0.4, 0.5) is 15.9 Å². The fourth-order valence-corrected chi connectivity index (χ4v) is 2.44. The van der Waals surface area contributed by atoms with Gasteiger partial charge in [-0.15, -0.1) is 0 Å². The number of nitrogens with one attached hydrogen (secondary N) is 2. The van der Waals surface area contributed by atoms with Gasteiger partial charge in [0.05, 0.1) is 30.2 Å². The van der Waals surface area contributed by atoms with Gasteiger partial charge in [-0.05, 0) is 30.7 Å². The molecule has 8 nitrogen and oxygen atoms in total. The van der Waals surface area contributed by atoms with Crippen LogP contribution in [-0.4, -0.2) is 45.8 Å². The summed E-state index contributed by atoms with van der Waals surface area (Å²) in [6.45, 7) is 2.10. The lowest BCUT2D eigenvalue weighted by molar-refractivity contribution is -0.0618. The van der Waals surface area contributed by atoms with E-state index >= 15 is 0 Å². The summed E-state index contributed by atoms with van der Waals surface area (Å²) in [6, 6.07) is 5.92. The van der Waals surface area contributed by atoms with Crippen LogP contribution < -0.4 is 10.8 Å². The molecule has 1 heterocycles. The Morgan fingerprint density at radius 1 is 1.26 bits per heavy atom. The quantitative estimate of drug-likeness (QED) is 0.408. The molecule has 0 bridgehead atoms. The Labute approximate surface area is 155 Å². The van der Waals surface area contributed by atoms with Crippen LogP contribution in [-0.2, 0) is 11.9 Å². The third-order valence-electron chi connectivity index (χ3n) is 3.94. The van der Waals surface area contributed by atoms with Crippen molar-refractivity contribution < 1.29 is 29.0 Å². The molecular formula is C18H22FN3O5. The fourth-order valence-electron chi connectivity index (χ4n) is 2.44. The molecule has 0 saturated carbocycles. The second kappa shape index (κ2) is 8.76. The van der Waals surface area contributed by atoms with Crippen LogP contribution >= 0.6 is 0 Å². The molecule has 0 aliphatic carbocycles. The Morgan fingerprint density at radius 3 is 2.48 bits per heavy atom. The number of carbonyl (C=O) groups excluding carboxylic acids is 2. The molecule has 1 amide bonds. The van der Waals surface area contributed by atoms with Gasteiger partial charge in [-0.1, -0.05) is 6.07 Å². The number of aliphatic hydroxyl groups is 2. The van der Waals surface area contributed by atoms with Crippen LogP contribution in [0.15, 0.2) is 24.3 Å². The molecule has 4 N–H and O–H groups in total. The number of aliphatic hydroxyl groups excluding tert-OH is 2. The first kappa shape index (κ1) is 20.6. The first-order chi connectivity index (χ1) is 12.8. The highest BCUT2D eigenvalue weighted by Gasteiger charge is 2.22. The SMILES string of the molecule is CC(=O)c1cc(C(=O)NOC(CO)CO)c(Nc2ccc(C)cc2F)n1C. The molecule has 0 aliphatic rings. The minimum Gasteiger partial charge on any atom is -0.393 e. The Bertz CT molecular complexity index is 846. The molecule has 0 spiro atoms. The van der Waals surface area contributed by atoms with Gasteiger partial charge in [0.15, 0.2) is 5.78 Å². The van der Waals surface area contributed by atoms with E-state index in [4.69, 9.17) is 15.1 Å². The molecule has 0 fully saturated rings. The topological polar surface area (TPSA) is 113 Å². The first-order valence-electron chi connectivity index (χ1n) is 8.20. The van der Waals surface area contributed by atoms with Crippen molar-refractivity contribution in [1.82, 2.24) is 10.0 Å². The van der Waals surface area contributed by atoms with Crippen molar-refractivity contribution in [2.45, 2.75) is 20.0 Å². The number of amides is 1. The zero-order chi connectivity index (χ0) is 20.1. The van der Waals surface area contributed by atoms with Crippen molar-refractivity contribution in [2.75, 3.05) is 18.5 Å². The first-order valence-corrected chi connectivity index (χ1v) is 8.20. The summed E-state index contributed by atoms with van der Waals surface area (Å²) in [5.74, 6) is -1.33. The maximum atomic E-state index is 14.2. The van der Waals surface area contributed by atoms with Crippen LogP contribution in [0, 0.1) is 12.7 Å². The summed E-state index contributed by atoms with van der Waals surface area (Å²) in [5.41, 5.74) is 3.26. The zero-order valence-electron chi connectivity index (χ0n) is 15.2. The lowest BCUT2D eigenvalue weighted by Gasteiger charge is -2.14. The summed E-state index contributed by atoms with van der Waals surface area (Å²) in [4.78, 5) is 29.2. The molecule has 146 valence electrons. The van der Waals surface area contributed by atoms with Gasteiger partial charge >= 0.3 is 0 Å². The van der Waals surface area contributed by atoms with Crippen molar-refractivity contribution in [3.8, 4) is 0 Å². The summed E-state index contributed by atoms with van der Waals surface area (Å²) < 4.78 is 15.6. The lowest BCUT2D eigenvalue weighted by Crippen LogP contribution is -2.33. The number of hydroxylamine groups is 1. The summed E-state index contributed by atoms with van der Waals surface area (Å²) in [5, 5.41) is 20.8. The van der Waals surface area contributed by atoms with E-state index in [2.05, 4.69) is 10.8 Å². The Balaban J connectivity index is 2.37. The summed E-state index contributed by atoms with van der Waals surface area (Å²) >= 11 is 0. The van der Waals surface area contributed by atoms with Gasteiger partial charge < -0.3 is 20.1 Å². The smallest absolute Gasteiger partial charge is 0.278 e. The highest BCUT2D eigenvalue weighted by molar-refractivity contribution is 6.03. The number of benzene rings is 1. The molecule has 0 unspecified atom stereocenters. The second-order valence-corrected chi connectivity index (χ2v) is 6.05. The average molecular weight is 379 g/mol. The van der Waals surface area contributed by atoms with Gasteiger partial charge in [-0.25, -0.2) is 9.87 Å². The molecule has 0 atom stereocenters. The second-order valence-electron chi connectivity index (χ2n) is 6.05. The van der Waals surface area contributed by atoms with E-state index in [0.29, 0.717) is 0 Å². The maximum absolute atomic E-state index is 14.2. The van der Waals surface area contributed by atoms with Gasteiger partial charge in [-0.3, -0.25) is 14.4 Å². The number of anilines is 2. The number of ketones is 1. The van der Waals surface area contributed by atoms with Crippen LogP contribution in [0.2, 0.25) is 0 Å². The predicted octanol–water partition coefficient (Wildman–Crippen LogP) is 1.43. The fraction of sp³-hybridized carbons (Fsp3) is 0.333. The van der Waals surface area contributed by atoms with E-state index in [1.165, 1.54) is 29.7 Å². The van der Waals surface area contributed by atoms with E-state index in [9.17, 15) is 14.0 Å². The van der Waals surface area contributed by atoms with Gasteiger partial charge in [0.1, 0.15) is 17.7 Å². The van der Waals surface area contributed by atoms with E-state index in [1.807, 2.05) is 0 Å². The third-order valence-corrected chi connectivity index (χ3v) is 3.94. The van der Waals surface area contributed by atoms with Gasteiger partial charge in [0.25, 0.3) is 5.91 Å². The molecule has 0 radical (unpaired) electrons. The number of rotatable bonds is 8. The summed E-state index contributed by atoms with van der Waals surface area (Å²) in [6.07, 6.45) is -0.990. The monoisotopic (exact) mass is 379 g/mol. The molecule has 9 heteroatoms.